The van der Waals surface area contributed by atoms with E-state index in [9.17, 15) is 0 Å². The first-order valence-electron chi connectivity index (χ1n) is 6.99. The molecule has 0 spiro atoms. The van der Waals surface area contributed by atoms with E-state index >= 15 is 0 Å². The van der Waals surface area contributed by atoms with Gasteiger partial charge in [-0.15, -0.1) is 0 Å². The van der Waals surface area contributed by atoms with Crippen molar-refractivity contribution in [2.45, 2.75) is 19.0 Å². The third-order valence-corrected chi connectivity index (χ3v) is 4.14. The van der Waals surface area contributed by atoms with Gasteiger partial charge in [-0.05, 0) is 49.3 Å². The summed E-state index contributed by atoms with van der Waals surface area (Å²) in [6, 6.07) is 15.7. The van der Waals surface area contributed by atoms with E-state index in [-0.39, 0.29) is 6.04 Å². The van der Waals surface area contributed by atoms with Crippen molar-refractivity contribution in [3.05, 3.63) is 69.7 Å². The Morgan fingerprint density at radius 1 is 1.05 bits per heavy atom. The zero-order chi connectivity index (χ0) is 15.2. The van der Waals surface area contributed by atoms with Crippen LogP contribution < -0.4 is 5.73 Å². The lowest BCUT2D eigenvalue weighted by atomic mass is 10.0. The molecule has 0 radical (unpaired) electrons. The van der Waals surface area contributed by atoms with Crippen molar-refractivity contribution in [1.82, 2.24) is 4.90 Å². The Kier molecular flexibility index (Phi) is 6.07. The minimum Gasteiger partial charge on any atom is -0.324 e. The fourth-order valence-electron chi connectivity index (χ4n) is 2.23. The first-order valence-corrected chi connectivity index (χ1v) is 7.75. The van der Waals surface area contributed by atoms with Gasteiger partial charge in [0.1, 0.15) is 0 Å². The highest BCUT2D eigenvalue weighted by atomic mass is 35.5. The number of rotatable bonds is 6. The predicted octanol–water partition coefficient (Wildman–Crippen LogP) is 4.52. The molecule has 0 heterocycles. The molecule has 4 heteroatoms. The molecule has 2 N–H and O–H groups in total. The quantitative estimate of drug-likeness (QED) is 0.847. The van der Waals surface area contributed by atoms with Gasteiger partial charge in [0.25, 0.3) is 0 Å². The van der Waals surface area contributed by atoms with E-state index in [2.05, 4.69) is 18.0 Å². The van der Waals surface area contributed by atoms with E-state index in [0.29, 0.717) is 0 Å². The van der Waals surface area contributed by atoms with E-state index in [1.165, 1.54) is 0 Å². The Labute approximate surface area is 136 Å². The monoisotopic (exact) mass is 322 g/mol. The molecule has 0 amide bonds. The van der Waals surface area contributed by atoms with Crippen LogP contribution in [0.2, 0.25) is 10.0 Å². The second kappa shape index (κ2) is 7.81. The van der Waals surface area contributed by atoms with E-state index in [1.54, 1.807) is 0 Å². The maximum absolute atomic E-state index is 6.22. The molecule has 0 aromatic heterocycles. The van der Waals surface area contributed by atoms with Gasteiger partial charge < -0.3 is 10.6 Å². The highest BCUT2D eigenvalue weighted by Gasteiger charge is 2.09. The molecule has 0 saturated heterocycles. The van der Waals surface area contributed by atoms with E-state index in [1.807, 2.05) is 42.5 Å². The summed E-state index contributed by atoms with van der Waals surface area (Å²) < 4.78 is 0. The SMILES string of the molecule is CN(CCC(N)c1ccc(Cl)cc1)Cc1ccccc1Cl. The number of hydrogen-bond acceptors (Lipinski definition) is 2. The van der Waals surface area contributed by atoms with Gasteiger partial charge in [-0.1, -0.05) is 53.5 Å². The van der Waals surface area contributed by atoms with Crippen LogP contribution in [0, 0.1) is 0 Å². The number of nitrogens with two attached hydrogens (primary N) is 1. The first-order chi connectivity index (χ1) is 10.1. The molecule has 0 aliphatic rings. The van der Waals surface area contributed by atoms with Crippen LogP contribution in [-0.4, -0.2) is 18.5 Å². The van der Waals surface area contributed by atoms with Crippen molar-refractivity contribution < 1.29 is 0 Å². The molecule has 2 nitrogen and oxygen atoms in total. The van der Waals surface area contributed by atoms with Gasteiger partial charge in [-0.25, -0.2) is 0 Å². The molecular formula is C17H20Cl2N2. The maximum Gasteiger partial charge on any atom is 0.0451 e. The van der Waals surface area contributed by atoms with Gasteiger partial charge in [0, 0.05) is 22.6 Å². The molecule has 2 rings (SSSR count). The van der Waals surface area contributed by atoms with Gasteiger partial charge in [0.2, 0.25) is 0 Å². The summed E-state index contributed by atoms with van der Waals surface area (Å²) in [5.41, 5.74) is 8.48. The van der Waals surface area contributed by atoms with Crippen LogP contribution in [0.15, 0.2) is 48.5 Å². The summed E-state index contributed by atoms with van der Waals surface area (Å²) in [5.74, 6) is 0. The predicted molar refractivity (Wildman–Crippen MR) is 90.8 cm³/mol. The molecule has 0 bridgehead atoms. The number of nitrogens with zero attached hydrogens (tertiary/aromatic N) is 1. The van der Waals surface area contributed by atoms with Crippen molar-refractivity contribution in [1.29, 1.82) is 0 Å². The summed E-state index contributed by atoms with van der Waals surface area (Å²) in [7, 11) is 2.08. The Morgan fingerprint density at radius 3 is 2.38 bits per heavy atom. The van der Waals surface area contributed by atoms with Crippen molar-refractivity contribution >= 4 is 23.2 Å². The topological polar surface area (TPSA) is 29.3 Å². The number of hydrogen-bond donors (Lipinski definition) is 1. The van der Waals surface area contributed by atoms with Crippen LogP contribution in [0.1, 0.15) is 23.6 Å². The van der Waals surface area contributed by atoms with Crippen LogP contribution in [0.25, 0.3) is 0 Å². The van der Waals surface area contributed by atoms with Gasteiger partial charge in [0.05, 0.1) is 0 Å². The summed E-state index contributed by atoms with van der Waals surface area (Å²) in [4.78, 5) is 2.23. The lowest BCUT2D eigenvalue weighted by Crippen LogP contribution is -2.23. The number of benzene rings is 2. The first kappa shape index (κ1) is 16.3. The Balaban J connectivity index is 1.85. The van der Waals surface area contributed by atoms with Crippen molar-refractivity contribution in [3.63, 3.8) is 0 Å². The second-order valence-corrected chi connectivity index (χ2v) is 6.12. The summed E-state index contributed by atoms with van der Waals surface area (Å²) >= 11 is 12.1. The summed E-state index contributed by atoms with van der Waals surface area (Å²) in [6.45, 7) is 1.74. The fraction of sp³-hybridized carbons (Fsp3) is 0.294. The maximum atomic E-state index is 6.22. The standard InChI is InChI=1S/C17H20Cl2N2/c1-21(12-14-4-2-3-5-16(14)19)11-10-17(20)13-6-8-15(18)9-7-13/h2-9,17H,10-12,20H2,1H3. The van der Waals surface area contributed by atoms with E-state index in [4.69, 9.17) is 28.9 Å². The zero-order valence-electron chi connectivity index (χ0n) is 12.1. The normalized spacial score (nSPS) is 12.6. The number of halogens is 2. The third kappa shape index (κ3) is 5.01. The minimum atomic E-state index is 0.0240. The molecule has 112 valence electrons. The van der Waals surface area contributed by atoms with Crippen molar-refractivity contribution in [2.75, 3.05) is 13.6 Å². The Morgan fingerprint density at radius 2 is 1.71 bits per heavy atom. The van der Waals surface area contributed by atoms with Crippen LogP contribution in [-0.2, 0) is 6.54 Å². The lowest BCUT2D eigenvalue weighted by Gasteiger charge is -2.20. The van der Waals surface area contributed by atoms with E-state index in [0.717, 1.165) is 40.7 Å². The summed E-state index contributed by atoms with van der Waals surface area (Å²) in [5, 5.41) is 1.55. The fourth-order valence-corrected chi connectivity index (χ4v) is 2.55. The average Bonchev–Trinajstić information content (AvgIpc) is 2.48. The Hall–Kier alpha value is -1.06. The third-order valence-electron chi connectivity index (χ3n) is 3.52. The van der Waals surface area contributed by atoms with Crippen LogP contribution >= 0.6 is 23.2 Å². The molecule has 0 saturated carbocycles. The molecular weight excluding hydrogens is 303 g/mol. The van der Waals surface area contributed by atoms with Gasteiger partial charge in [-0.2, -0.15) is 0 Å². The highest BCUT2D eigenvalue weighted by molar-refractivity contribution is 6.31. The molecule has 1 unspecified atom stereocenters. The van der Waals surface area contributed by atoms with Crippen LogP contribution in [0.3, 0.4) is 0 Å². The molecule has 0 aliphatic heterocycles. The summed E-state index contributed by atoms with van der Waals surface area (Å²) in [6.07, 6.45) is 0.891. The van der Waals surface area contributed by atoms with Crippen LogP contribution in [0.4, 0.5) is 0 Å². The smallest absolute Gasteiger partial charge is 0.0451 e. The lowest BCUT2D eigenvalue weighted by molar-refractivity contribution is 0.311. The van der Waals surface area contributed by atoms with Gasteiger partial charge in [-0.3, -0.25) is 0 Å². The minimum absolute atomic E-state index is 0.0240. The molecule has 2 aromatic carbocycles. The largest absolute Gasteiger partial charge is 0.324 e. The molecule has 2 aromatic rings. The van der Waals surface area contributed by atoms with E-state index < -0.39 is 0 Å². The Bertz CT molecular complexity index is 569. The molecule has 21 heavy (non-hydrogen) atoms. The molecule has 1 atom stereocenters. The molecule has 0 fully saturated rings. The van der Waals surface area contributed by atoms with Gasteiger partial charge in [0.15, 0.2) is 0 Å². The second-order valence-electron chi connectivity index (χ2n) is 5.28. The van der Waals surface area contributed by atoms with Crippen LogP contribution in [0.5, 0.6) is 0 Å². The van der Waals surface area contributed by atoms with Gasteiger partial charge >= 0.3 is 0 Å². The average molecular weight is 323 g/mol. The van der Waals surface area contributed by atoms with Crippen molar-refractivity contribution in [2.24, 2.45) is 5.73 Å². The molecule has 0 aliphatic carbocycles. The zero-order valence-corrected chi connectivity index (χ0v) is 13.6. The van der Waals surface area contributed by atoms with Crippen molar-refractivity contribution in [3.8, 4) is 0 Å². The highest BCUT2D eigenvalue weighted by Crippen LogP contribution is 2.19.